The Morgan fingerprint density at radius 3 is 3.09 bits per heavy atom. The van der Waals surface area contributed by atoms with Crippen molar-refractivity contribution in [2.45, 2.75) is 0 Å². The van der Waals surface area contributed by atoms with E-state index in [0.717, 1.165) is 0 Å². The van der Waals surface area contributed by atoms with Gasteiger partial charge >= 0.3 is 5.91 Å². The van der Waals surface area contributed by atoms with Gasteiger partial charge in [-0.15, -0.1) is 6.42 Å². The van der Waals surface area contributed by atoms with Gasteiger partial charge in [0, 0.05) is 13.1 Å². The number of nitrogens with zero attached hydrogens (tertiary/aromatic N) is 2. The van der Waals surface area contributed by atoms with E-state index < -0.39 is 5.91 Å². The minimum atomic E-state index is -0.464. The average Bonchev–Trinajstić information content (AvgIpc) is 2.37. The minimum absolute atomic E-state index is 0.464. The van der Waals surface area contributed by atoms with Gasteiger partial charge in [-0.1, -0.05) is 0 Å². The highest BCUT2D eigenvalue weighted by molar-refractivity contribution is 6.02. The predicted octanol–water partition coefficient (Wildman–Crippen LogP) is -0.00820. The molecular weight excluding hydrogens is 142 g/mol. The fourth-order valence-electron chi connectivity index (χ4n) is 0.649. The van der Waals surface area contributed by atoms with Crippen molar-refractivity contribution >= 4 is 11.7 Å². The molecule has 4 heteroatoms. The summed E-state index contributed by atoms with van der Waals surface area (Å²) in [5.74, 6) is 2.07. The number of aromatic nitrogens is 2. The van der Waals surface area contributed by atoms with E-state index in [1.165, 1.54) is 4.68 Å². The van der Waals surface area contributed by atoms with Crippen LogP contribution in [0, 0.1) is 12.3 Å². The van der Waals surface area contributed by atoms with Crippen molar-refractivity contribution in [1.29, 1.82) is 0 Å². The third-order valence-electron chi connectivity index (χ3n) is 1.19. The molecule has 0 fully saturated rings. The highest BCUT2D eigenvalue weighted by Gasteiger charge is 1.99. The van der Waals surface area contributed by atoms with Crippen LogP contribution in [0.1, 0.15) is 0 Å². The van der Waals surface area contributed by atoms with Crippen LogP contribution in [0.15, 0.2) is 12.3 Å². The number of anilines is 1. The first kappa shape index (κ1) is 7.35. The second-order valence-corrected chi connectivity index (χ2v) is 1.94. The quantitative estimate of drug-likeness (QED) is 0.571. The standard InChI is InChI=1S/C7H7N3O/c1-3-7(11)9-6-4-5-8-10(6)2/h1,4-5H,2H3,(H,9,11). The smallest absolute Gasteiger partial charge is 0.300 e. The van der Waals surface area contributed by atoms with Crippen molar-refractivity contribution < 1.29 is 4.79 Å². The molecule has 1 N–H and O–H groups in total. The lowest BCUT2D eigenvalue weighted by Gasteiger charge is -1.98. The van der Waals surface area contributed by atoms with Gasteiger partial charge in [0.25, 0.3) is 0 Å². The molecule has 0 aliphatic rings. The zero-order chi connectivity index (χ0) is 8.27. The summed E-state index contributed by atoms with van der Waals surface area (Å²) < 4.78 is 1.52. The van der Waals surface area contributed by atoms with Crippen LogP contribution in [-0.2, 0) is 11.8 Å². The number of rotatable bonds is 1. The molecule has 1 rings (SSSR count). The summed E-state index contributed by atoms with van der Waals surface area (Å²) >= 11 is 0. The van der Waals surface area contributed by atoms with Crippen molar-refractivity contribution in [3.63, 3.8) is 0 Å². The number of terminal acetylenes is 1. The lowest BCUT2D eigenvalue weighted by molar-refractivity contribution is -0.111. The Balaban J connectivity index is 2.73. The Morgan fingerprint density at radius 1 is 1.91 bits per heavy atom. The average molecular weight is 149 g/mol. The van der Waals surface area contributed by atoms with Crippen LogP contribution >= 0.6 is 0 Å². The number of hydrogen-bond acceptors (Lipinski definition) is 2. The fourth-order valence-corrected chi connectivity index (χ4v) is 0.649. The molecule has 0 radical (unpaired) electrons. The lowest BCUT2D eigenvalue weighted by atomic mass is 10.5. The molecule has 0 aliphatic heterocycles. The summed E-state index contributed by atoms with van der Waals surface area (Å²) in [6.07, 6.45) is 6.42. The summed E-state index contributed by atoms with van der Waals surface area (Å²) in [5, 5.41) is 6.30. The highest BCUT2D eigenvalue weighted by atomic mass is 16.1. The molecular formula is C7H7N3O. The highest BCUT2D eigenvalue weighted by Crippen LogP contribution is 2.01. The third-order valence-corrected chi connectivity index (χ3v) is 1.19. The van der Waals surface area contributed by atoms with E-state index in [-0.39, 0.29) is 0 Å². The summed E-state index contributed by atoms with van der Waals surface area (Å²) in [5.41, 5.74) is 0. The number of carbonyl (C=O) groups excluding carboxylic acids is 1. The zero-order valence-corrected chi connectivity index (χ0v) is 6.03. The van der Waals surface area contributed by atoms with Gasteiger partial charge in [0.2, 0.25) is 0 Å². The monoisotopic (exact) mass is 149 g/mol. The Labute approximate surface area is 64.2 Å². The van der Waals surface area contributed by atoms with Crippen LogP contribution in [0.5, 0.6) is 0 Å². The van der Waals surface area contributed by atoms with Crippen molar-refractivity contribution in [3.8, 4) is 12.3 Å². The molecule has 1 aromatic rings. The van der Waals surface area contributed by atoms with Crippen LogP contribution < -0.4 is 5.32 Å². The number of amides is 1. The van der Waals surface area contributed by atoms with Crippen LogP contribution in [0.2, 0.25) is 0 Å². The van der Waals surface area contributed by atoms with E-state index in [4.69, 9.17) is 6.42 Å². The number of hydrogen-bond donors (Lipinski definition) is 1. The summed E-state index contributed by atoms with van der Waals surface area (Å²) in [6, 6.07) is 1.66. The molecule has 0 aromatic carbocycles. The maximum Gasteiger partial charge on any atom is 0.301 e. The van der Waals surface area contributed by atoms with Gasteiger partial charge in [0.15, 0.2) is 0 Å². The van der Waals surface area contributed by atoms with E-state index in [1.54, 1.807) is 19.3 Å². The predicted molar refractivity (Wildman–Crippen MR) is 40.7 cm³/mol. The topological polar surface area (TPSA) is 46.9 Å². The second kappa shape index (κ2) is 2.88. The molecule has 11 heavy (non-hydrogen) atoms. The first-order valence-electron chi connectivity index (χ1n) is 2.99. The van der Waals surface area contributed by atoms with Crippen molar-refractivity contribution in [1.82, 2.24) is 9.78 Å². The fraction of sp³-hybridized carbons (Fsp3) is 0.143. The van der Waals surface area contributed by atoms with E-state index in [9.17, 15) is 4.79 Å². The number of aryl methyl sites for hydroxylation is 1. The van der Waals surface area contributed by atoms with E-state index in [0.29, 0.717) is 5.82 Å². The molecule has 0 aliphatic carbocycles. The van der Waals surface area contributed by atoms with Gasteiger partial charge < -0.3 is 0 Å². The van der Waals surface area contributed by atoms with Crippen LogP contribution in [0.25, 0.3) is 0 Å². The molecule has 0 spiro atoms. The Bertz CT molecular complexity index is 308. The van der Waals surface area contributed by atoms with E-state index in [1.807, 2.05) is 5.92 Å². The molecule has 1 aromatic heterocycles. The molecule has 56 valence electrons. The van der Waals surface area contributed by atoms with Gasteiger partial charge in [-0.05, 0) is 5.92 Å². The largest absolute Gasteiger partial charge is 0.301 e. The maximum atomic E-state index is 10.6. The van der Waals surface area contributed by atoms with E-state index >= 15 is 0 Å². The van der Waals surface area contributed by atoms with E-state index in [2.05, 4.69) is 10.4 Å². The van der Waals surface area contributed by atoms with Gasteiger partial charge in [-0.25, -0.2) is 0 Å². The third kappa shape index (κ3) is 1.58. The lowest BCUT2D eigenvalue weighted by Crippen LogP contribution is -2.11. The molecule has 0 bridgehead atoms. The van der Waals surface area contributed by atoms with Crippen LogP contribution in [0.4, 0.5) is 5.82 Å². The zero-order valence-electron chi connectivity index (χ0n) is 6.03. The molecule has 1 amide bonds. The molecule has 0 saturated heterocycles. The molecule has 0 atom stereocenters. The summed E-state index contributed by atoms with van der Waals surface area (Å²) in [7, 11) is 1.71. The van der Waals surface area contributed by atoms with Crippen LogP contribution in [0.3, 0.4) is 0 Å². The maximum absolute atomic E-state index is 10.6. The number of nitrogens with one attached hydrogen (secondary N) is 1. The molecule has 0 saturated carbocycles. The van der Waals surface area contributed by atoms with Crippen LogP contribution in [-0.4, -0.2) is 15.7 Å². The Hall–Kier alpha value is -1.76. The first-order valence-corrected chi connectivity index (χ1v) is 2.99. The van der Waals surface area contributed by atoms with Crippen molar-refractivity contribution in [2.75, 3.05) is 5.32 Å². The molecule has 0 unspecified atom stereocenters. The Kier molecular flexibility index (Phi) is 1.93. The minimum Gasteiger partial charge on any atom is -0.300 e. The van der Waals surface area contributed by atoms with Crippen molar-refractivity contribution in [2.24, 2.45) is 7.05 Å². The first-order chi connectivity index (χ1) is 5.24. The molecule has 1 heterocycles. The summed E-state index contributed by atoms with van der Waals surface area (Å²) in [6.45, 7) is 0. The summed E-state index contributed by atoms with van der Waals surface area (Å²) in [4.78, 5) is 10.6. The van der Waals surface area contributed by atoms with Gasteiger partial charge in [0.1, 0.15) is 5.82 Å². The van der Waals surface area contributed by atoms with Gasteiger partial charge in [0.05, 0.1) is 6.20 Å². The van der Waals surface area contributed by atoms with Gasteiger partial charge in [-0.3, -0.25) is 14.8 Å². The number of carbonyl (C=O) groups is 1. The van der Waals surface area contributed by atoms with Crippen molar-refractivity contribution in [3.05, 3.63) is 12.3 Å². The Morgan fingerprint density at radius 2 is 2.64 bits per heavy atom. The normalized spacial score (nSPS) is 8.73. The molecule has 4 nitrogen and oxygen atoms in total. The SMILES string of the molecule is C#CC(=O)Nc1ccnn1C. The second-order valence-electron chi connectivity index (χ2n) is 1.94. The van der Waals surface area contributed by atoms with Gasteiger partial charge in [-0.2, -0.15) is 5.10 Å².